The van der Waals surface area contributed by atoms with Gasteiger partial charge in [0.25, 0.3) is 0 Å². The second-order valence-electron chi connectivity index (χ2n) is 4.70. The van der Waals surface area contributed by atoms with Crippen molar-refractivity contribution < 1.29 is 14.1 Å². The molecule has 1 atom stereocenters. The monoisotopic (exact) mass is 258 g/mol. The predicted octanol–water partition coefficient (Wildman–Crippen LogP) is 2.08. The molecule has 0 saturated carbocycles. The second-order valence-corrected chi connectivity index (χ2v) is 4.70. The molecule has 0 bridgehead atoms. The summed E-state index contributed by atoms with van der Waals surface area (Å²) in [6.45, 7) is 2.42. The van der Waals surface area contributed by atoms with E-state index < -0.39 is 5.92 Å². The number of benzene rings is 1. The minimum atomic E-state index is -0.498. The summed E-state index contributed by atoms with van der Waals surface area (Å²) in [5.74, 6) is -0.780. The van der Waals surface area contributed by atoms with Gasteiger partial charge in [-0.05, 0) is 18.6 Å². The molecular formula is C14H14N2O3. The van der Waals surface area contributed by atoms with Gasteiger partial charge < -0.3 is 4.52 Å². The van der Waals surface area contributed by atoms with Gasteiger partial charge in [0, 0.05) is 18.4 Å². The third-order valence-corrected chi connectivity index (χ3v) is 3.43. The molecule has 1 aliphatic heterocycles. The van der Waals surface area contributed by atoms with Crippen molar-refractivity contribution in [2.24, 2.45) is 0 Å². The Labute approximate surface area is 110 Å². The second kappa shape index (κ2) is 4.50. The average molecular weight is 258 g/mol. The third kappa shape index (κ3) is 1.82. The normalized spacial score (nSPS) is 19.6. The van der Waals surface area contributed by atoms with E-state index in [9.17, 15) is 9.59 Å². The van der Waals surface area contributed by atoms with Gasteiger partial charge in [0.15, 0.2) is 5.58 Å². The highest BCUT2D eigenvalue weighted by Crippen LogP contribution is 2.33. The molecule has 1 unspecified atom stereocenters. The predicted molar refractivity (Wildman–Crippen MR) is 68.4 cm³/mol. The largest absolute Gasteiger partial charge is 0.356 e. The Bertz CT molecular complexity index is 647. The standard InChI is InChI=1S/C14H14N2O3/c1-2-7-16-12(17)8-10(14(16)18)13-9-5-3-4-6-11(9)19-15-13/h3-6,10H,2,7-8H2,1H3. The Kier molecular flexibility index (Phi) is 2.81. The lowest BCUT2D eigenvalue weighted by atomic mass is 10.0. The van der Waals surface area contributed by atoms with Gasteiger partial charge in [0.1, 0.15) is 5.69 Å². The number of fused-ring (bicyclic) bond motifs is 1. The highest BCUT2D eigenvalue weighted by Gasteiger charge is 2.41. The fraction of sp³-hybridized carbons (Fsp3) is 0.357. The van der Waals surface area contributed by atoms with Gasteiger partial charge in [0.2, 0.25) is 11.8 Å². The number of hydrogen-bond acceptors (Lipinski definition) is 4. The van der Waals surface area contributed by atoms with Crippen molar-refractivity contribution in [2.75, 3.05) is 6.54 Å². The van der Waals surface area contributed by atoms with E-state index in [1.54, 1.807) is 6.07 Å². The summed E-state index contributed by atoms with van der Waals surface area (Å²) < 4.78 is 5.21. The number of aromatic nitrogens is 1. The number of hydrogen-bond donors (Lipinski definition) is 0. The zero-order valence-electron chi connectivity index (χ0n) is 10.6. The van der Waals surface area contributed by atoms with Crippen LogP contribution in [0.4, 0.5) is 0 Å². The molecule has 1 aliphatic rings. The Morgan fingerprint density at radius 3 is 2.95 bits per heavy atom. The number of amides is 2. The minimum absolute atomic E-state index is 0.121. The number of imide groups is 1. The third-order valence-electron chi connectivity index (χ3n) is 3.43. The SMILES string of the molecule is CCCN1C(=O)CC(c2noc3ccccc23)C1=O. The summed E-state index contributed by atoms with van der Waals surface area (Å²) in [6, 6.07) is 7.38. The number of carbonyl (C=O) groups excluding carboxylic acids is 2. The zero-order valence-corrected chi connectivity index (χ0v) is 10.6. The van der Waals surface area contributed by atoms with Crippen molar-refractivity contribution >= 4 is 22.8 Å². The number of nitrogens with zero attached hydrogens (tertiary/aromatic N) is 2. The maximum atomic E-state index is 12.3. The Morgan fingerprint density at radius 2 is 2.16 bits per heavy atom. The van der Waals surface area contributed by atoms with E-state index in [-0.39, 0.29) is 18.2 Å². The molecule has 0 spiro atoms. The smallest absolute Gasteiger partial charge is 0.238 e. The molecule has 2 aromatic rings. The lowest BCUT2D eigenvalue weighted by Crippen LogP contribution is -2.31. The van der Waals surface area contributed by atoms with E-state index in [0.717, 1.165) is 11.8 Å². The van der Waals surface area contributed by atoms with Crippen LogP contribution in [0.2, 0.25) is 0 Å². The van der Waals surface area contributed by atoms with Gasteiger partial charge in [0.05, 0.1) is 5.92 Å². The van der Waals surface area contributed by atoms with Crippen LogP contribution >= 0.6 is 0 Å². The molecule has 2 amide bonds. The van der Waals surface area contributed by atoms with E-state index in [0.29, 0.717) is 17.8 Å². The molecule has 3 rings (SSSR count). The highest BCUT2D eigenvalue weighted by atomic mass is 16.5. The van der Waals surface area contributed by atoms with Gasteiger partial charge in [-0.2, -0.15) is 0 Å². The van der Waals surface area contributed by atoms with Crippen molar-refractivity contribution in [3.05, 3.63) is 30.0 Å². The summed E-state index contributed by atoms with van der Waals surface area (Å²) in [4.78, 5) is 25.5. The van der Waals surface area contributed by atoms with Crippen LogP contribution in [0.1, 0.15) is 31.4 Å². The fourth-order valence-electron chi connectivity index (χ4n) is 2.51. The summed E-state index contributed by atoms with van der Waals surface area (Å²) in [6.07, 6.45) is 0.957. The Hall–Kier alpha value is -2.17. The van der Waals surface area contributed by atoms with E-state index in [1.807, 2.05) is 25.1 Å². The summed E-state index contributed by atoms with van der Waals surface area (Å²) in [5, 5.41) is 4.79. The zero-order chi connectivity index (χ0) is 13.4. The molecule has 19 heavy (non-hydrogen) atoms. The molecule has 98 valence electrons. The fourth-order valence-corrected chi connectivity index (χ4v) is 2.51. The average Bonchev–Trinajstić information content (AvgIpc) is 2.95. The lowest BCUT2D eigenvalue weighted by molar-refractivity contribution is -0.138. The first-order chi connectivity index (χ1) is 9.22. The molecule has 1 saturated heterocycles. The summed E-state index contributed by atoms with van der Waals surface area (Å²) in [5.41, 5.74) is 1.22. The molecule has 5 nitrogen and oxygen atoms in total. The van der Waals surface area contributed by atoms with Gasteiger partial charge in [-0.25, -0.2) is 0 Å². The van der Waals surface area contributed by atoms with Crippen molar-refractivity contribution in [3.63, 3.8) is 0 Å². The lowest BCUT2D eigenvalue weighted by Gasteiger charge is -2.12. The minimum Gasteiger partial charge on any atom is -0.356 e. The molecule has 2 heterocycles. The highest BCUT2D eigenvalue weighted by molar-refractivity contribution is 6.07. The summed E-state index contributed by atoms with van der Waals surface area (Å²) >= 11 is 0. The summed E-state index contributed by atoms with van der Waals surface area (Å²) in [7, 11) is 0. The van der Waals surface area contributed by atoms with Crippen LogP contribution in [0.5, 0.6) is 0 Å². The van der Waals surface area contributed by atoms with Crippen LogP contribution in [0, 0.1) is 0 Å². The van der Waals surface area contributed by atoms with Gasteiger partial charge >= 0.3 is 0 Å². The van der Waals surface area contributed by atoms with Crippen molar-refractivity contribution in [2.45, 2.75) is 25.7 Å². The van der Waals surface area contributed by atoms with Gasteiger partial charge in [-0.1, -0.05) is 24.2 Å². The van der Waals surface area contributed by atoms with E-state index in [1.165, 1.54) is 4.90 Å². The van der Waals surface area contributed by atoms with Crippen molar-refractivity contribution in [1.29, 1.82) is 0 Å². The molecule has 1 fully saturated rings. The van der Waals surface area contributed by atoms with Crippen LogP contribution in [0.25, 0.3) is 11.0 Å². The first-order valence-electron chi connectivity index (χ1n) is 6.41. The van der Waals surface area contributed by atoms with Gasteiger partial charge in [-0.3, -0.25) is 14.5 Å². The number of likely N-dealkylation sites (tertiary alicyclic amines) is 1. The van der Waals surface area contributed by atoms with Crippen LogP contribution in [0.3, 0.4) is 0 Å². The van der Waals surface area contributed by atoms with Crippen molar-refractivity contribution in [3.8, 4) is 0 Å². The van der Waals surface area contributed by atoms with Crippen LogP contribution < -0.4 is 0 Å². The number of rotatable bonds is 3. The number of para-hydroxylation sites is 1. The van der Waals surface area contributed by atoms with Gasteiger partial charge in [-0.15, -0.1) is 0 Å². The topological polar surface area (TPSA) is 63.4 Å². The quantitative estimate of drug-likeness (QED) is 0.791. The van der Waals surface area contributed by atoms with Crippen LogP contribution in [-0.2, 0) is 9.59 Å². The Morgan fingerprint density at radius 1 is 1.37 bits per heavy atom. The first-order valence-corrected chi connectivity index (χ1v) is 6.41. The molecule has 1 aromatic heterocycles. The van der Waals surface area contributed by atoms with E-state index in [4.69, 9.17) is 4.52 Å². The maximum Gasteiger partial charge on any atom is 0.238 e. The van der Waals surface area contributed by atoms with E-state index in [2.05, 4.69) is 5.16 Å². The maximum absolute atomic E-state index is 12.3. The first kappa shape index (κ1) is 11.9. The molecular weight excluding hydrogens is 244 g/mol. The van der Waals surface area contributed by atoms with Crippen LogP contribution in [-0.4, -0.2) is 28.4 Å². The molecule has 0 radical (unpaired) electrons. The number of carbonyl (C=O) groups is 2. The molecule has 5 heteroatoms. The molecule has 0 N–H and O–H groups in total. The molecule has 0 aliphatic carbocycles. The van der Waals surface area contributed by atoms with E-state index >= 15 is 0 Å². The van der Waals surface area contributed by atoms with Crippen LogP contribution in [0.15, 0.2) is 28.8 Å². The van der Waals surface area contributed by atoms with Crippen molar-refractivity contribution in [1.82, 2.24) is 10.1 Å². The molecule has 1 aromatic carbocycles. The Balaban J connectivity index is 1.99.